The first-order chi connectivity index (χ1) is 35.3. The Morgan fingerprint density at radius 1 is 0.494 bits per heavy atom. The van der Waals surface area contributed by atoms with Crippen LogP contribution in [-0.4, -0.2) is 128 Å². The predicted molar refractivity (Wildman–Crippen MR) is 273 cm³/mol. The van der Waals surface area contributed by atoms with Gasteiger partial charge in [-0.05, 0) is 122 Å². The van der Waals surface area contributed by atoms with Crippen molar-refractivity contribution in [2.24, 2.45) is 33.0 Å². The lowest BCUT2D eigenvalue weighted by molar-refractivity contribution is -0.173. The van der Waals surface area contributed by atoms with E-state index in [9.17, 15) is 52.7 Å². The molecule has 0 spiro atoms. The van der Waals surface area contributed by atoms with Crippen molar-refractivity contribution in [1.29, 1.82) is 0 Å². The molecule has 5 atom stereocenters. The third kappa shape index (κ3) is 22.6. The van der Waals surface area contributed by atoms with Crippen LogP contribution in [0.3, 0.4) is 0 Å². The Kier molecular flexibility index (Phi) is 26.3. The molecular formula is C55H88O22. The van der Waals surface area contributed by atoms with Crippen LogP contribution in [-0.2, 0) is 100 Å². The van der Waals surface area contributed by atoms with E-state index in [1.807, 2.05) is 83.1 Å². The van der Waals surface area contributed by atoms with E-state index in [-0.39, 0.29) is 86.5 Å². The highest BCUT2D eigenvalue weighted by molar-refractivity contribution is 5.87. The number of hydrogen-bond acceptors (Lipinski definition) is 22. The summed E-state index contributed by atoms with van der Waals surface area (Å²) in [6, 6.07) is 0. The number of hydrogen-bond donors (Lipinski definition) is 0. The summed E-state index contributed by atoms with van der Waals surface area (Å²) in [7, 11) is 0. The van der Waals surface area contributed by atoms with Crippen molar-refractivity contribution in [2.75, 3.05) is 33.0 Å². The lowest BCUT2D eigenvalue weighted by atomic mass is 9.87. The zero-order valence-corrected chi connectivity index (χ0v) is 48.9. The lowest BCUT2D eigenvalue weighted by Crippen LogP contribution is -2.41. The highest BCUT2D eigenvalue weighted by Gasteiger charge is 2.44. The topological polar surface area (TPSA) is 289 Å². The molecule has 0 radical (unpaired) electrons. The van der Waals surface area contributed by atoms with Crippen molar-refractivity contribution < 1.29 is 105 Å². The largest absolute Gasteiger partial charge is 0.517 e. The minimum Gasteiger partial charge on any atom is -0.465 e. The van der Waals surface area contributed by atoms with Crippen molar-refractivity contribution in [3.8, 4) is 0 Å². The second kappa shape index (κ2) is 29.2. The van der Waals surface area contributed by atoms with E-state index in [0.29, 0.717) is 58.2 Å². The summed E-state index contributed by atoms with van der Waals surface area (Å²) < 4.78 is 54.0. The number of carbonyl (C=O) groups excluding carboxylic acids is 11. The SMILES string of the molecule is CCC(C)(C)C(=O)OC(=O)OC1CCOC1=O.CCC(C)(C)C(=O)OC(C)(C)C1COC(=O)C1.CCC(C)(C)C(=O)OC1(C)COC(=O)C1.CCC(C)(C)C(=O)OC1CCOC1=O.CCC(C)(C)C(=O)OC1COC(=O)C1. The molecule has 22 heteroatoms. The van der Waals surface area contributed by atoms with Crippen molar-refractivity contribution in [1.82, 2.24) is 0 Å². The zero-order chi connectivity index (χ0) is 59.5. The number of rotatable bonds is 16. The Balaban J connectivity index is 0.000000482. The van der Waals surface area contributed by atoms with Gasteiger partial charge in [0.05, 0.1) is 66.2 Å². The van der Waals surface area contributed by atoms with Gasteiger partial charge in [-0.3, -0.25) is 38.4 Å². The van der Waals surface area contributed by atoms with Crippen LogP contribution in [0.15, 0.2) is 0 Å². The number of ether oxygens (including phenoxy) is 11. The van der Waals surface area contributed by atoms with Gasteiger partial charge in [0.25, 0.3) is 0 Å². The molecule has 5 unspecified atom stereocenters. The Morgan fingerprint density at radius 3 is 1.30 bits per heavy atom. The first-order valence-corrected chi connectivity index (χ1v) is 26.4. The molecular weight excluding hydrogens is 1010 g/mol. The maximum atomic E-state index is 12.0. The standard InChI is InChI=1S/C13H22O4.C11H16O6.C11H18O4.2C10H16O4/c1-6-12(2,3)11(15)17-13(4,5)9-7-10(14)16-8-9;1-4-11(2,3)9(13)17-10(14)16-7-5-6-15-8(7)12;1-5-10(2,3)9(13)15-11(4)6-8(12)14-7-11;1-4-10(2,3)9(12)14-7-5-8(11)13-6-7;1-4-10(2,3)9(12)14-7-5-6-13-8(7)11/h9H,6-8H2,1-5H3;7H,4-6H2,1-3H3;5-7H2,1-4H3;2*7H,4-6H2,1-3H3. The van der Waals surface area contributed by atoms with E-state index in [4.69, 9.17) is 37.9 Å². The van der Waals surface area contributed by atoms with Gasteiger partial charge < -0.3 is 52.1 Å². The van der Waals surface area contributed by atoms with Gasteiger partial charge in [0, 0.05) is 18.8 Å². The fourth-order valence-corrected chi connectivity index (χ4v) is 5.90. The molecule has 0 bridgehead atoms. The van der Waals surface area contributed by atoms with E-state index in [0.717, 1.165) is 6.42 Å². The molecule has 0 aromatic heterocycles. The summed E-state index contributed by atoms with van der Waals surface area (Å²) in [5.74, 6) is -3.65. The Bertz CT molecular complexity index is 2100. The monoisotopic (exact) mass is 1100 g/mol. The molecule has 5 fully saturated rings. The average Bonchev–Trinajstić information content (AvgIpc) is 4.22. The van der Waals surface area contributed by atoms with E-state index < -0.39 is 74.5 Å². The Hall–Kier alpha value is -5.83. The Morgan fingerprint density at radius 2 is 0.909 bits per heavy atom. The third-order valence-corrected chi connectivity index (χ3v) is 14.3. The van der Waals surface area contributed by atoms with E-state index >= 15 is 0 Å². The normalized spacial score (nSPS) is 22.1. The number of esters is 10. The molecule has 0 aromatic rings. The first kappa shape index (κ1) is 69.2. The molecule has 5 aliphatic heterocycles. The quantitative estimate of drug-likeness (QED) is 0.0804. The van der Waals surface area contributed by atoms with Crippen LogP contribution in [0.25, 0.3) is 0 Å². The molecule has 5 rings (SSSR count). The van der Waals surface area contributed by atoms with Crippen LogP contribution in [0.1, 0.15) is 189 Å². The number of carbonyl (C=O) groups is 11. The summed E-state index contributed by atoms with van der Waals surface area (Å²) in [6.07, 6.45) is 1.61. The molecule has 0 aliphatic carbocycles. The second-order valence-corrected chi connectivity index (χ2v) is 23.4. The van der Waals surface area contributed by atoms with Crippen molar-refractivity contribution in [3.05, 3.63) is 0 Å². The molecule has 0 amide bonds. The van der Waals surface area contributed by atoms with Crippen LogP contribution < -0.4 is 0 Å². The minimum absolute atomic E-state index is 0.0494. The summed E-state index contributed by atoms with van der Waals surface area (Å²) in [5.41, 5.74) is -4.19. The van der Waals surface area contributed by atoms with Crippen LogP contribution in [0.5, 0.6) is 0 Å². The summed E-state index contributed by atoms with van der Waals surface area (Å²) >= 11 is 0. The van der Waals surface area contributed by atoms with Crippen LogP contribution in [0.4, 0.5) is 4.79 Å². The van der Waals surface area contributed by atoms with Gasteiger partial charge in [0.15, 0.2) is 5.60 Å². The lowest BCUT2D eigenvalue weighted by Gasteiger charge is -2.33. The van der Waals surface area contributed by atoms with Gasteiger partial charge in [-0.2, -0.15) is 0 Å². The van der Waals surface area contributed by atoms with Crippen LogP contribution >= 0.6 is 0 Å². The van der Waals surface area contributed by atoms with Gasteiger partial charge in [0.2, 0.25) is 12.2 Å². The van der Waals surface area contributed by atoms with Crippen molar-refractivity contribution in [2.45, 2.75) is 218 Å². The van der Waals surface area contributed by atoms with Crippen molar-refractivity contribution >= 4 is 65.8 Å². The smallest absolute Gasteiger partial charge is 0.465 e. The molecule has 77 heavy (non-hydrogen) atoms. The maximum Gasteiger partial charge on any atom is 0.517 e. The van der Waals surface area contributed by atoms with E-state index in [1.54, 1.807) is 41.5 Å². The Labute approximate surface area is 453 Å². The second-order valence-electron chi connectivity index (χ2n) is 23.4. The molecule has 5 aliphatic rings. The van der Waals surface area contributed by atoms with E-state index in [2.05, 4.69) is 14.2 Å². The van der Waals surface area contributed by atoms with E-state index in [1.165, 1.54) is 0 Å². The zero-order valence-electron chi connectivity index (χ0n) is 48.9. The highest BCUT2D eigenvalue weighted by Crippen LogP contribution is 2.34. The molecule has 22 nitrogen and oxygen atoms in total. The fraction of sp³-hybridized carbons (Fsp3) is 0.800. The summed E-state index contributed by atoms with van der Waals surface area (Å²) in [6.45, 7) is 34.2. The summed E-state index contributed by atoms with van der Waals surface area (Å²) in [4.78, 5) is 124. The fourth-order valence-electron chi connectivity index (χ4n) is 5.90. The van der Waals surface area contributed by atoms with Gasteiger partial charge >= 0.3 is 65.8 Å². The average molecular weight is 1100 g/mol. The molecule has 0 aromatic carbocycles. The minimum atomic E-state index is -1.15. The molecule has 5 saturated heterocycles. The van der Waals surface area contributed by atoms with Gasteiger partial charge in [0.1, 0.15) is 24.9 Å². The molecule has 0 saturated carbocycles. The third-order valence-electron chi connectivity index (χ3n) is 14.3. The molecule has 5 heterocycles. The van der Waals surface area contributed by atoms with Gasteiger partial charge in [-0.1, -0.05) is 34.6 Å². The van der Waals surface area contributed by atoms with Crippen LogP contribution in [0.2, 0.25) is 0 Å². The van der Waals surface area contributed by atoms with Crippen LogP contribution in [0, 0.1) is 33.0 Å². The predicted octanol–water partition coefficient (Wildman–Crippen LogP) is 7.96. The maximum absolute atomic E-state index is 12.0. The first-order valence-electron chi connectivity index (χ1n) is 26.4. The van der Waals surface area contributed by atoms with Crippen molar-refractivity contribution in [3.63, 3.8) is 0 Å². The van der Waals surface area contributed by atoms with Gasteiger partial charge in [-0.15, -0.1) is 0 Å². The highest BCUT2D eigenvalue weighted by atomic mass is 16.8. The molecule has 0 N–H and O–H groups in total. The number of cyclic esters (lactones) is 5. The van der Waals surface area contributed by atoms with Gasteiger partial charge in [-0.25, -0.2) is 14.4 Å². The summed E-state index contributed by atoms with van der Waals surface area (Å²) in [5, 5.41) is 0. The molecule has 440 valence electrons.